The highest BCUT2D eigenvalue weighted by Gasteiger charge is 1.89. The largest absolute Gasteiger partial charge is 0.0622 e. The van der Waals surface area contributed by atoms with E-state index in [4.69, 9.17) is 0 Å². The van der Waals surface area contributed by atoms with Gasteiger partial charge in [-0.3, -0.25) is 0 Å². The molecule has 0 heteroatoms. The molecule has 0 atom stereocenters. The van der Waals surface area contributed by atoms with Gasteiger partial charge in [-0.1, -0.05) is 61.0 Å². The van der Waals surface area contributed by atoms with Crippen molar-refractivity contribution in [2.75, 3.05) is 0 Å². The predicted molar refractivity (Wildman–Crippen MR) is 76.5 cm³/mol. The minimum Gasteiger partial charge on any atom is -0.0622 e. The SMILES string of the molecule is CCc1ccccc1.Cc1ccc(C)c(C)c1. The maximum atomic E-state index is 2.20. The number of benzene rings is 2. The predicted octanol–water partition coefficient (Wildman–Crippen LogP) is 4.86. The first kappa shape index (κ1) is 13.5. The van der Waals surface area contributed by atoms with Gasteiger partial charge in [0.15, 0.2) is 0 Å². The first-order valence-corrected chi connectivity index (χ1v) is 6.21. The summed E-state index contributed by atoms with van der Waals surface area (Å²) in [7, 11) is 0. The summed E-state index contributed by atoms with van der Waals surface area (Å²) in [6, 6.07) is 17.0. The van der Waals surface area contributed by atoms with E-state index in [1.165, 1.54) is 22.3 Å². The zero-order valence-corrected chi connectivity index (χ0v) is 11.3. The Morgan fingerprint density at radius 1 is 0.765 bits per heavy atom. The van der Waals surface area contributed by atoms with Gasteiger partial charge < -0.3 is 0 Å². The third-order valence-electron chi connectivity index (χ3n) is 2.91. The number of aryl methyl sites for hydroxylation is 4. The van der Waals surface area contributed by atoms with Crippen molar-refractivity contribution >= 4 is 0 Å². The average Bonchev–Trinajstić information content (AvgIpc) is 2.36. The fourth-order valence-electron chi connectivity index (χ4n) is 1.61. The molecule has 90 valence electrons. The lowest BCUT2D eigenvalue weighted by atomic mass is 10.1. The fraction of sp³-hybridized carbons (Fsp3) is 0.294. The third kappa shape index (κ3) is 4.86. The number of rotatable bonds is 1. The van der Waals surface area contributed by atoms with Crippen LogP contribution in [-0.2, 0) is 6.42 Å². The van der Waals surface area contributed by atoms with Gasteiger partial charge in [0.1, 0.15) is 0 Å². The molecule has 0 amide bonds. The second kappa shape index (κ2) is 6.90. The molecular formula is C17H22. The van der Waals surface area contributed by atoms with Crippen LogP contribution in [0.4, 0.5) is 0 Å². The summed E-state index contributed by atoms with van der Waals surface area (Å²) in [5, 5.41) is 0. The molecule has 0 saturated carbocycles. The molecular weight excluding hydrogens is 204 g/mol. The molecule has 2 rings (SSSR count). The normalized spacial score (nSPS) is 9.41. The van der Waals surface area contributed by atoms with E-state index in [2.05, 4.69) is 70.2 Å². The Bertz CT molecular complexity index is 441. The quantitative estimate of drug-likeness (QED) is 0.651. The smallest absolute Gasteiger partial charge is 0.0307 e. The molecule has 0 unspecified atom stereocenters. The minimum absolute atomic E-state index is 1.14. The van der Waals surface area contributed by atoms with Crippen molar-refractivity contribution in [3.05, 3.63) is 70.8 Å². The van der Waals surface area contributed by atoms with Gasteiger partial charge in [0, 0.05) is 0 Å². The van der Waals surface area contributed by atoms with Gasteiger partial charge in [-0.25, -0.2) is 0 Å². The molecule has 0 aliphatic carbocycles. The number of hydrogen-bond donors (Lipinski definition) is 0. The van der Waals surface area contributed by atoms with E-state index in [-0.39, 0.29) is 0 Å². The van der Waals surface area contributed by atoms with E-state index in [0.717, 1.165) is 6.42 Å². The molecule has 0 aromatic heterocycles. The van der Waals surface area contributed by atoms with E-state index in [0.29, 0.717) is 0 Å². The van der Waals surface area contributed by atoms with Gasteiger partial charge in [-0.05, 0) is 43.9 Å². The standard InChI is InChI=1S/C9H12.C8H10/c1-7-4-5-8(2)9(3)6-7;1-2-8-6-4-3-5-7-8/h4-6H,1-3H3;3-7H,2H2,1H3. The topological polar surface area (TPSA) is 0 Å². The zero-order valence-electron chi connectivity index (χ0n) is 11.3. The monoisotopic (exact) mass is 226 g/mol. The van der Waals surface area contributed by atoms with Crippen LogP contribution in [0.15, 0.2) is 48.5 Å². The Morgan fingerprint density at radius 3 is 1.82 bits per heavy atom. The number of hydrogen-bond acceptors (Lipinski definition) is 0. The summed E-state index contributed by atoms with van der Waals surface area (Å²) in [5.41, 5.74) is 5.52. The maximum Gasteiger partial charge on any atom is -0.0307 e. The van der Waals surface area contributed by atoms with Crippen molar-refractivity contribution < 1.29 is 0 Å². The summed E-state index contributed by atoms with van der Waals surface area (Å²) in [6.07, 6.45) is 1.14. The van der Waals surface area contributed by atoms with Crippen molar-refractivity contribution in [2.45, 2.75) is 34.1 Å². The van der Waals surface area contributed by atoms with Gasteiger partial charge in [0.25, 0.3) is 0 Å². The van der Waals surface area contributed by atoms with Crippen LogP contribution in [0.3, 0.4) is 0 Å². The van der Waals surface area contributed by atoms with Crippen LogP contribution in [0, 0.1) is 20.8 Å². The Morgan fingerprint density at radius 2 is 1.41 bits per heavy atom. The highest BCUT2D eigenvalue weighted by atomic mass is 13.9. The lowest BCUT2D eigenvalue weighted by Crippen LogP contribution is -1.79. The highest BCUT2D eigenvalue weighted by Crippen LogP contribution is 2.07. The minimum atomic E-state index is 1.14. The van der Waals surface area contributed by atoms with E-state index in [1.54, 1.807) is 0 Å². The lowest BCUT2D eigenvalue weighted by Gasteiger charge is -1.98. The zero-order chi connectivity index (χ0) is 12.7. The van der Waals surface area contributed by atoms with Gasteiger partial charge in [0.2, 0.25) is 0 Å². The van der Waals surface area contributed by atoms with Crippen LogP contribution in [-0.4, -0.2) is 0 Å². The third-order valence-corrected chi connectivity index (χ3v) is 2.91. The Kier molecular flexibility index (Phi) is 5.48. The van der Waals surface area contributed by atoms with Crippen LogP contribution in [0.2, 0.25) is 0 Å². The second-order valence-electron chi connectivity index (χ2n) is 4.43. The average molecular weight is 226 g/mol. The summed E-state index contributed by atoms with van der Waals surface area (Å²) >= 11 is 0. The molecule has 0 N–H and O–H groups in total. The van der Waals surface area contributed by atoms with Gasteiger partial charge in [-0.15, -0.1) is 0 Å². The van der Waals surface area contributed by atoms with Crippen LogP contribution in [0.5, 0.6) is 0 Å². The molecule has 0 aliphatic rings. The highest BCUT2D eigenvalue weighted by molar-refractivity contribution is 5.28. The van der Waals surface area contributed by atoms with Crippen LogP contribution in [0.25, 0.3) is 0 Å². The molecule has 0 fully saturated rings. The van der Waals surface area contributed by atoms with Crippen molar-refractivity contribution in [3.8, 4) is 0 Å². The molecule has 0 heterocycles. The summed E-state index contributed by atoms with van der Waals surface area (Å²) < 4.78 is 0. The molecule has 0 saturated heterocycles. The second-order valence-corrected chi connectivity index (χ2v) is 4.43. The first-order valence-electron chi connectivity index (χ1n) is 6.21. The summed E-state index contributed by atoms with van der Waals surface area (Å²) in [5.74, 6) is 0. The van der Waals surface area contributed by atoms with Gasteiger partial charge >= 0.3 is 0 Å². The van der Waals surface area contributed by atoms with Crippen LogP contribution >= 0.6 is 0 Å². The fourth-order valence-corrected chi connectivity index (χ4v) is 1.61. The van der Waals surface area contributed by atoms with E-state index in [1.807, 2.05) is 6.07 Å². The van der Waals surface area contributed by atoms with Crippen LogP contribution in [0.1, 0.15) is 29.2 Å². The van der Waals surface area contributed by atoms with Gasteiger partial charge in [-0.2, -0.15) is 0 Å². The molecule has 0 nitrogen and oxygen atoms in total. The van der Waals surface area contributed by atoms with Crippen LogP contribution < -0.4 is 0 Å². The Balaban J connectivity index is 0.000000171. The van der Waals surface area contributed by atoms with Crippen molar-refractivity contribution in [1.29, 1.82) is 0 Å². The van der Waals surface area contributed by atoms with E-state index >= 15 is 0 Å². The molecule has 0 radical (unpaired) electrons. The lowest BCUT2D eigenvalue weighted by molar-refractivity contribution is 1.14. The molecule has 0 spiro atoms. The summed E-state index contributed by atoms with van der Waals surface area (Å²) in [4.78, 5) is 0. The van der Waals surface area contributed by atoms with E-state index < -0.39 is 0 Å². The van der Waals surface area contributed by atoms with E-state index in [9.17, 15) is 0 Å². The van der Waals surface area contributed by atoms with Crippen molar-refractivity contribution in [1.82, 2.24) is 0 Å². The molecule has 0 aliphatic heterocycles. The molecule has 2 aromatic rings. The Labute approximate surface area is 105 Å². The molecule has 2 aromatic carbocycles. The molecule has 17 heavy (non-hydrogen) atoms. The van der Waals surface area contributed by atoms with Gasteiger partial charge in [0.05, 0.1) is 0 Å². The molecule has 0 bridgehead atoms. The Hall–Kier alpha value is -1.56. The first-order chi connectivity index (χ1) is 8.13. The van der Waals surface area contributed by atoms with Crippen molar-refractivity contribution in [3.63, 3.8) is 0 Å². The maximum absolute atomic E-state index is 2.20. The van der Waals surface area contributed by atoms with Crippen molar-refractivity contribution in [2.24, 2.45) is 0 Å². The summed E-state index contributed by atoms with van der Waals surface area (Å²) in [6.45, 7) is 8.55.